The number of hydrogen-bond donors (Lipinski definition) is 2. The number of Topliss-reactive ketones (excluding diaryl/α,β-unsaturated/α-hetero) is 1. The van der Waals surface area contributed by atoms with Crippen molar-refractivity contribution < 1.29 is 33.4 Å². The van der Waals surface area contributed by atoms with Gasteiger partial charge in [-0.2, -0.15) is 0 Å². The van der Waals surface area contributed by atoms with Crippen molar-refractivity contribution in [1.29, 1.82) is 0 Å². The zero-order valence-corrected chi connectivity index (χ0v) is 15.9. The topological polar surface area (TPSA) is 120 Å². The summed E-state index contributed by atoms with van der Waals surface area (Å²) in [4.78, 5) is 46.9. The molecule has 2 rings (SSSR count). The molecular weight excluding hydrogens is 368 g/mol. The summed E-state index contributed by atoms with van der Waals surface area (Å²) in [5, 5.41) is 5.01. The Balaban J connectivity index is 1.95. The first-order valence-corrected chi connectivity index (χ1v) is 8.69. The van der Waals surface area contributed by atoms with Crippen molar-refractivity contribution in [1.82, 2.24) is 10.6 Å². The molecule has 9 nitrogen and oxygen atoms in total. The first-order chi connectivity index (χ1) is 13.3. The van der Waals surface area contributed by atoms with Gasteiger partial charge in [-0.1, -0.05) is 0 Å². The second kappa shape index (κ2) is 9.54. The summed E-state index contributed by atoms with van der Waals surface area (Å²) in [7, 11) is 0. The maximum Gasteiger partial charge on any atom is 0.344 e. The monoisotopic (exact) mass is 390 g/mol. The van der Waals surface area contributed by atoms with E-state index in [9.17, 15) is 19.2 Å². The van der Waals surface area contributed by atoms with Gasteiger partial charge in [0, 0.05) is 5.56 Å². The van der Waals surface area contributed by atoms with E-state index in [0.717, 1.165) is 0 Å². The number of amides is 2. The molecule has 1 aromatic rings. The largest absolute Gasteiger partial charge is 0.482 e. The van der Waals surface area contributed by atoms with Crippen LogP contribution in [0.2, 0.25) is 0 Å². The number of ether oxygens (including phenoxy) is 3. The average molecular weight is 390 g/mol. The van der Waals surface area contributed by atoms with Gasteiger partial charge >= 0.3 is 18.0 Å². The molecule has 0 spiro atoms. The van der Waals surface area contributed by atoms with Crippen LogP contribution in [0, 0.1) is 0 Å². The van der Waals surface area contributed by atoms with Crippen molar-refractivity contribution in [2.75, 3.05) is 19.8 Å². The minimum Gasteiger partial charge on any atom is -0.482 e. The van der Waals surface area contributed by atoms with Crippen LogP contribution in [-0.4, -0.2) is 49.6 Å². The minimum atomic E-state index is -0.688. The molecular formula is C19H22N2O7. The summed E-state index contributed by atoms with van der Waals surface area (Å²) in [6, 6.07) is 5.22. The van der Waals surface area contributed by atoms with Gasteiger partial charge in [-0.3, -0.25) is 4.79 Å². The van der Waals surface area contributed by atoms with E-state index >= 15 is 0 Å². The van der Waals surface area contributed by atoms with Crippen LogP contribution in [0.4, 0.5) is 4.79 Å². The molecule has 1 aliphatic heterocycles. The van der Waals surface area contributed by atoms with Gasteiger partial charge in [-0.25, -0.2) is 14.4 Å². The molecule has 0 fully saturated rings. The Labute approximate surface area is 162 Å². The highest BCUT2D eigenvalue weighted by Gasteiger charge is 2.30. The Kier molecular flexibility index (Phi) is 7.14. The molecule has 0 aliphatic carbocycles. The molecule has 1 heterocycles. The first kappa shape index (κ1) is 20.9. The van der Waals surface area contributed by atoms with Crippen molar-refractivity contribution >= 4 is 23.8 Å². The molecule has 28 heavy (non-hydrogen) atoms. The van der Waals surface area contributed by atoms with Gasteiger partial charge in [0.1, 0.15) is 12.4 Å². The first-order valence-electron chi connectivity index (χ1n) is 8.69. The highest BCUT2D eigenvalue weighted by molar-refractivity contribution is 5.95. The second-order valence-corrected chi connectivity index (χ2v) is 5.96. The molecule has 0 saturated carbocycles. The van der Waals surface area contributed by atoms with E-state index in [4.69, 9.17) is 14.2 Å². The maximum absolute atomic E-state index is 12.1. The lowest BCUT2D eigenvalue weighted by molar-refractivity contribution is -0.145. The quantitative estimate of drug-likeness (QED) is 0.507. The van der Waals surface area contributed by atoms with Gasteiger partial charge in [-0.05, 0) is 45.0 Å². The molecule has 0 radical (unpaired) electrons. The normalized spacial score (nSPS) is 16.0. The SMILES string of the molecule is CCOC(=O)C1=C(COC(=O)COc2ccc(C(C)=O)cc2)NC(=O)N[C@H]1C. The van der Waals surface area contributed by atoms with Crippen molar-refractivity contribution in [3.63, 3.8) is 0 Å². The van der Waals surface area contributed by atoms with Gasteiger partial charge in [0.2, 0.25) is 0 Å². The van der Waals surface area contributed by atoms with Crippen LogP contribution in [0.15, 0.2) is 35.5 Å². The third-order valence-electron chi connectivity index (χ3n) is 3.86. The maximum atomic E-state index is 12.1. The van der Waals surface area contributed by atoms with E-state index in [0.29, 0.717) is 11.3 Å². The summed E-state index contributed by atoms with van der Waals surface area (Å²) in [5.41, 5.74) is 0.882. The molecule has 9 heteroatoms. The summed E-state index contributed by atoms with van der Waals surface area (Å²) in [5.74, 6) is -0.964. The Hall–Kier alpha value is -3.36. The number of rotatable bonds is 8. The highest BCUT2D eigenvalue weighted by Crippen LogP contribution is 2.15. The number of hydrogen-bond acceptors (Lipinski definition) is 7. The third-order valence-corrected chi connectivity index (χ3v) is 3.86. The van der Waals surface area contributed by atoms with Crippen LogP contribution >= 0.6 is 0 Å². The van der Waals surface area contributed by atoms with Gasteiger partial charge in [-0.15, -0.1) is 0 Å². The van der Waals surface area contributed by atoms with E-state index in [1.165, 1.54) is 6.92 Å². The van der Waals surface area contributed by atoms with E-state index < -0.39 is 24.0 Å². The smallest absolute Gasteiger partial charge is 0.344 e. The van der Waals surface area contributed by atoms with E-state index in [1.807, 2.05) is 0 Å². The highest BCUT2D eigenvalue weighted by atomic mass is 16.6. The number of urea groups is 1. The lowest BCUT2D eigenvalue weighted by atomic mass is 10.0. The van der Waals surface area contributed by atoms with Crippen molar-refractivity contribution in [2.24, 2.45) is 0 Å². The molecule has 0 unspecified atom stereocenters. The molecule has 1 atom stereocenters. The fourth-order valence-corrected chi connectivity index (χ4v) is 2.52. The Morgan fingerprint density at radius 3 is 2.39 bits per heavy atom. The number of carbonyl (C=O) groups excluding carboxylic acids is 4. The van der Waals surface area contributed by atoms with E-state index in [1.54, 1.807) is 38.1 Å². The van der Waals surface area contributed by atoms with Crippen molar-refractivity contribution in [3.8, 4) is 5.75 Å². The van der Waals surface area contributed by atoms with Crippen LogP contribution < -0.4 is 15.4 Å². The van der Waals surface area contributed by atoms with Crippen molar-refractivity contribution in [3.05, 3.63) is 41.1 Å². The lowest BCUT2D eigenvalue weighted by Gasteiger charge is -2.26. The summed E-state index contributed by atoms with van der Waals surface area (Å²) >= 11 is 0. The Bertz CT molecular complexity index is 799. The number of ketones is 1. The summed E-state index contributed by atoms with van der Waals surface area (Å²) in [6.07, 6.45) is 0. The van der Waals surface area contributed by atoms with Crippen LogP contribution in [0.5, 0.6) is 5.75 Å². The molecule has 0 bridgehead atoms. The Morgan fingerprint density at radius 1 is 1.11 bits per heavy atom. The molecule has 0 aromatic heterocycles. The van der Waals surface area contributed by atoms with Crippen molar-refractivity contribution in [2.45, 2.75) is 26.8 Å². The number of nitrogens with one attached hydrogen (secondary N) is 2. The third kappa shape index (κ3) is 5.57. The van der Waals surface area contributed by atoms with Crippen LogP contribution in [0.1, 0.15) is 31.1 Å². The molecule has 0 saturated heterocycles. The molecule has 150 valence electrons. The van der Waals surface area contributed by atoms with Gasteiger partial charge in [0.15, 0.2) is 12.4 Å². The van der Waals surface area contributed by atoms with Crippen LogP contribution in [0.25, 0.3) is 0 Å². The zero-order chi connectivity index (χ0) is 20.7. The summed E-state index contributed by atoms with van der Waals surface area (Å²) < 4.78 is 15.4. The molecule has 1 aliphatic rings. The predicted molar refractivity (Wildman–Crippen MR) is 97.7 cm³/mol. The van der Waals surface area contributed by atoms with E-state index in [-0.39, 0.29) is 36.9 Å². The standard InChI is InChI=1S/C19H22N2O7/c1-4-26-18(24)17-11(2)20-19(25)21-15(17)9-28-16(23)10-27-14-7-5-13(6-8-14)12(3)22/h5-8,11H,4,9-10H2,1-3H3,(H2,20,21,25)/t11-/m0/s1. The number of esters is 2. The Morgan fingerprint density at radius 2 is 1.79 bits per heavy atom. The fourth-order valence-electron chi connectivity index (χ4n) is 2.52. The number of benzene rings is 1. The van der Waals surface area contributed by atoms with E-state index in [2.05, 4.69) is 10.6 Å². The molecule has 2 N–H and O–H groups in total. The average Bonchev–Trinajstić information content (AvgIpc) is 2.64. The van der Waals surface area contributed by atoms with Gasteiger partial charge in [0.25, 0.3) is 0 Å². The second-order valence-electron chi connectivity index (χ2n) is 5.96. The number of carbonyl (C=O) groups is 4. The van der Waals surface area contributed by atoms with Gasteiger partial charge < -0.3 is 24.8 Å². The minimum absolute atomic E-state index is 0.0742. The fraction of sp³-hybridized carbons (Fsp3) is 0.368. The molecule has 2 amide bonds. The lowest BCUT2D eigenvalue weighted by Crippen LogP contribution is -2.50. The van der Waals surface area contributed by atoms with Crippen LogP contribution in [0.3, 0.4) is 0 Å². The predicted octanol–water partition coefficient (Wildman–Crippen LogP) is 1.33. The summed E-state index contributed by atoms with van der Waals surface area (Å²) in [6.45, 7) is 4.23. The molecule has 1 aromatic carbocycles. The van der Waals surface area contributed by atoms with Crippen LogP contribution in [-0.2, 0) is 19.1 Å². The van der Waals surface area contributed by atoms with Gasteiger partial charge in [0.05, 0.1) is 23.9 Å². The zero-order valence-electron chi connectivity index (χ0n) is 15.9.